The van der Waals surface area contributed by atoms with Crippen molar-refractivity contribution in [2.75, 3.05) is 43.4 Å². The van der Waals surface area contributed by atoms with E-state index in [1.54, 1.807) is 11.0 Å². The standard InChI is InChI=1S/C22H26F3N3O3S/c1-17-4-2-5-18(14-17)15-21(29)26-8-13-32(30,31)28-11-9-27(10-12-28)20-7-3-6-19(16-20)22(23,24)25/h2-7,14,16H,8-13,15H2,1H3,(H,26,29). The summed E-state index contributed by atoms with van der Waals surface area (Å²) in [6.45, 7) is 2.87. The first-order chi connectivity index (χ1) is 15.0. The van der Waals surface area contributed by atoms with Gasteiger partial charge in [0, 0.05) is 38.4 Å². The molecule has 6 nitrogen and oxygen atoms in total. The van der Waals surface area contributed by atoms with Crippen LogP contribution in [0.3, 0.4) is 0 Å². The average molecular weight is 470 g/mol. The topological polar surface area (TPSA) is 69.7 Å². The molecule has 10 heteroatoms. The summed E-state index contributed by atoms with van der Waals surface area (Å²) in [6.07, 6.45) is -4.25. The van der Waals surface area contributed by atoms with Crippen LogP contribution in [0.4, 0.5) is 18.9 Å². The van der Waals surface area contributed by atoms with Crippen LogP contribution >= 0.6 is 0 Å². The third-order valence-electron chi connectivity index (χ3n) is 5.30. The lowest BCUT2D eigenvalue weighted by Crippen LogP contribution is -2.50. The number of nitrogens with one attached hydrogen (secondary N) is 1. The van der Waals surface area contributed by atoms with E-state index in [1.807, 2.05) is 31.2 Å². The van der Waals surface area contributed by atoms with Crippen LogP contribution in [0.1, 0.15) is 16.7 Å². The Morgan fingerprint density at radius 2 is 1.72 bits per heavy atom. The second-order valence-electron chi connectivity index (χ2n) is 7.77. The van der Waals surface area contributed by atoms with Crippen molar-refractivity contribution in [2.45, 2.75) is 19.5 Å². The smallest absolute Gasteiger partial charge is 0.369 e. The Labute approximate surface area is 186 Å². The number of carbonyl (C=O) groups excluding carboxylic acids is 1. The van der Waals surface area contributed by atoms with Crippen LogP contribution in [0.2, 0.25) is 0 Å². The second kappa shape index (κ2) is 9.91. The summed E-state index contributed by atoms with van der Waals surface area (Å²) in [7, 11) is -3.58. The number of nitrogens with zero attached hydrogens (tertiary/aromatic N) is 2. The largest absolute Gasteiger partial charge is 0.416 e. The molecule has 3 rings (SSSR count). The molecule has 0 bridgehead atoms. The number of carbonyl (C=O) groups is 1. The maximum atomic E-state index is 12.9. The lowest BCUT2D eigenvalue weighted by atomic mass is 10.1. The summed E-state index contributed by atoms with van der Waals surface area (Å²) in [4.78, 5) is 13.8. The Hall–Kier alpha value is -2.59. The average Bonchev–Trinajstić information content (AvgIpc) is 2.73. The number of anilines is 1. The molecule has 2 aromatic carbocycles. The zero-order valence-corrected chi connectivity index (χ0v) is 18.5. The molecule has 0 saturated carbocycles. The number of rotatable bonds is 7. The van der Waals surface area contributed by atoms with Crippen molar-refractivity contribution in [3.05, 3.63) is 65.2 Å². The summed E-state index contributed by atoms with van der Waals surface area (Å²) in [5, 5.41) is 2.64. The third-order valence-corrected chi connectivity index (χ3v) is 7.17. The van der Waals surface area contributed by atoms with Crippen LogP contribution in [0.15, 0.2) is 48.5 Å². The Morgan fingerprint density at radius 1 is 1.03 bits per heavy atom. The Kier molecular flexibility index (Phi) is 7.45. The summed E-state index contributed by atoms with van der Waals surface area (Å²) in [5.41, 5.74) is 1.59. The quantitative estimate of drug-likeness (QED) is 0.677. The molecule has 1 fully saturated rings. The lowest BCUT2D eigenvalue weighted by molar-refractivity contribution is -0.137. The number of aryl methyl sites for hydroxylation is 1. The number of piperazine rings is 1. The zero-order chi connectivity index (χ0) is 23.4. The Bertz CT molecular complexity index is 1050. The van der Waals surface area contributed by atoms with Crippen molar-refractivity contribution in [2.24, 2.45) is 0 Å². The van der Waals surface area contributed by atoms with Gasteiger partial charge in [0.25, 0.3) is 0 Å². The normalized spacial score (nSPS) is 15.6. The number of hydrogen-bond acceptors (Lipinski definition) is 4. The van der Waals surface area contributed by atoms with E-state index in [0.29, 0.717) is 18.8 Å². The predicted octanol–water partition coefficient (Wildman–Crippen LogP) is 2.82. The molecule has 0 atom stereocenters. The van der Waals surface area contributed by atoms with E-state index in [9.17, 15) is 26.4 Å². The number of amides is 1. The summed E-state index contributed by atoms with van der Waals surface area (Å²) >= 11 is 0. The van der Waals surface area contributed by atoms with E-state index in [1.165, 1.54) is 10.4 Å². The number of sulfonamides is 1. The molecule has 1 amide bonds. The van der Waals surface area contributed by atoms with Gasteiger partial charge in [-0.3, -0.25) is 4.79 Å². The van der Waals surface area contributed by atoms with Gasteiger partial charge in [0.15, 0.2) is 0 Å². The van der Waals surface area contributed by atoms with Gasteiger partial charge < -0.3 is 10.2 Å². The van der Waals surface area contributed by atoms with E-state index >= 15 is 0 Å². The maximum Gasteiger partial charge on any atom is 0.416 e. The van der Waals surface area contributed by atoms with E-state index in [0.717, 1.165) is 23.3 Å². The molecule has 1 aliphatic heterocycles. The highest BCUT2D eigenvalue weighted by molar-refractivity contribution is 7.89. The summed E-state index contributed by atoms with van der Waals surface area (Å²) < 4.78 is 65.3. The molecule has 0 aromatic heterocycles. The van der Waals surface area contributed by atoms with Crippen molar-refractivity contribution in [3.63, 3.8) is 0 Å². The van der Waals surface area contributed by atoms with Gasteiger partial charge in [-0.2, -0.15) is 17.5 Å². The Morgan fingerprint density at radius 3 is 2.38 bits per heavy atom. The van der Waals surface area contributed by atoms with Crippen LogP contribution in [0.25, 0.3) is 0 Å². The highest BCUT2D eigenvalue weighted by Crippen LogP contribution is 2.32. The summed E-state index contributed by atoms with van der Waals surface area (Å²) in [5.74, 6) is -0.476. The molecule has 0 aliphatic carbocycles. The van der Waals surface area contributed by atoms with Gasteiger partial charge in [-0.1, -0.05) is 35.9 Å². The molecular formula is C22H26F3N3O3S. The molecule has 1 saturated heterocycles. The van der Waals surface area contributed by atoms with Gasteiger partial charge in [0.2, 0.25) is 15.9 Å². The minimum atomic E-state index is -4.43. The fourth-order valence-electron chi connectivity index (χ4n) is 3.62. The molecule has 1 N–H and O–H groups in total. The minimum Gasteiger partial charge on any atom is -0.369 e. The second-order valence-corrected chi connectivity index (χ2v) is 9.85. The van der Waals surface area contributed by atoms with Crippen LogP contribution in [0, 0.1) is 6.92 Å². The monoisotopic (exact) mass is 469 g/mol. The lowest BCUT2D eigenvalue weighted by Gasteiger charge is -2.35. The third kappa shape index (κ3) is 6.46. The highest BCUT2D eigenvalue weighted by Gasteiger charge is 2.32. The van der Waals surface area contributed by atoms with Crippen molar-refractivity contribution in [1.29, 1.82) is 0 Å². The van der Waals surface area contributed by atoms with Gasteiger partial charge in [-0.15, -0.1) is 0 Å². The molecule has 0 radical (unpaired) electrons. The molecule has 1 aliphatic rings. The first kappa shape index (κ1) is 24.1. The molecule has 32 heavy (non-hydrogen) atoms. The van der Waals surface area contributed by atoms with E-state index in [-0.39, 0.29) is 37.7 Å². The first-order valence-electron chi connectivity index (χ1n) is 10.3. The molecule has 0 spiro atoms. The van der Waals surface area contributed by atoms with Crippen LogP contribution < -0.4 is 10.2 Å². The molecular weight excluding hydrogens is 443 g/mol. The van der Waals surface area contributed by atoms with Crippen LogP contribution in [-0.4, -0.2) is 57.1 Å². The number of hydrogen-bond donors (Lipinski definition) is 1. The molecule has 0 unspecified atom stereocenters. The van der Waals surface area contributed by atoms with Crippen molar-refractivity contribution in [1.82, 2.24) is 9.62 Å². The fraction of sp³-hybridized carbons (Fsp3) is 0.409. The van der Waals surface area contributed by atoms with Gasteiger partial charge in [0.05, 0.1) is 17.7 Å². The van der Waals surface area contributed by atoms with Gasteiger partial charge >= 0.3 is 6.18 Å². The van der Waals surface area contributed by atoms with E-state index < -0.39 is 21.8 Å². The Balaban J connectivity index is 1.48. The minimum absolute atomic E-state index is 0.000818. The number of alkyl halides is 3. The SMILES string of the molecule is Cc1cccc(CC(=O)NCCS(=O)(=O)N2CCN(c3cccc(C(F)(F)F)c3)CC2)c1. The van der Waals surface area contributed by atoms with Crippen molar-refractivity contribution in [3.8, 4) is 0 Å². The zero-order valence-electron chi connectivity index (χ0n) is 17.7. The molecule has 2 aromatic rings. The first-order valence-corrected chi connectivity index (χ1v) is 11.9. The molecule has 174 valence electrons. The van der Waals surface area contributed by atoms with Gasteiger partial charge in [-0.05, 0) is 30.7 Å². The number of benzene rings is 2. The maximum absolute atomic E-state index is 12.9. The van der Waals surface area contributed by atoms with Crippen molar-refractivity contribution < 1.29 is 26.4 Å². The van der Waals surface area contributed by atoms with Gasteiger partial charge in [-0.25, -0.2) is 8.42 Å². The molecule has 1 heterocycles. The highest BCUT2D eigenvalue weighted by atomic mass is 32.2. The summed E-state index contributed by atoms with van der Waals surface area (Å²) in [6, 6.07) is 12.6. The van der Waals surface area contributed by atoms with Crippen molar-refractivity contribution >= 4 is 21.6 Å². The van der Waals surface area contributed by atoms with Gasteiger partial charge in [0.1, 0.15) is 0 Å². The van der Waals surface area contributed by atoms with E-state index in [4.69, 9.17) is 0 Å². The fourth-order valence-corrected chi connectivity index (χ4v) is 4.96. The van der Waals surface area contributed by atoms with Crippen LogP contribution in [-0.2, 0) is 27.4 Å². The van der Waals surface area contributed by atoms with E-state index in [2.05, 4.69) is 5.32 Å². The predicted molar refractivity (Wildman–Crippen MR) is 117 cm³/mol. The number of halogens is 3. The van der Waals surface area contributed by atoms with Crippen LogP contribution in [0.5, 0.6) is 0 Å².